The minimum Gasteiger partial charge on any atom is -0.464 e. The van der Waals surface area contributed by atoms with Crippen molar-refractivity contribution in [1.29, 1.82) is 0 Å². The third kappa shape index (κ3) is 3.20. The Kier molecular flexibility index (Phi) is 4.44. The molecule has 0 fully saturated rings. The third-order valence-electron chi connectivity index (χ3n) is 2.75. The summed E-state index contributed by atoms with van der Waals surface area (Å²) in [6.45, 7) is 0.258. The number of aromatic nitrogens is 1. The van der Waals surface area contributed by atoms with Crippen molar-refractivity contribution in [1.82, 2.24) is 10.3 Å². The number of ether oxygens (including phenoxy) is 1. The number of hydrogen-bond acceptors (Lipinski definition) is 4. The van der Waals surface area contributed by atoms with Crippen molar-refractivity contribution in [2.75, 3.05) is 7.11 Å². The molecule has 0 unspecified atom stereocenters. The first kappa shape index (κ1) is 13.7. The molecule has 2 aromatic rings. The molecule has 0 bridgehead atoms. The normalized spacial score (nSPS) is 9.85. The molecule has 1 heterocycles. The number of pyridine rings is 1. The molecule has 5 heteroatoms. The summed E-state index contributed by atoms with van der Waals surface area (Å²) in [6, 6.07) is 13.1. The number of nitrogens with zero attached hydrogens (tertiary/aromatic N) is 1. The molecule has 0 saturated heterocycles. The maximum atomic E-state index is 11.6. The van der Waals surface area contributed by atoms with Crippen LogP contribution < -0.4 is 5.32 Å². The minimum absolute atomic E-state index is 0.219. The van der Waals surface area contributed by atoms with Gasteiger partial charge in [0, 0.05) is 0 Å². The average molecular weight is 270 g/mol. The molecular formula is C15H14N2O3. The molecule has 20 heavy (non-hydrogen) atoms. The van der Waals surface area contributed by atoms with E-state index >= 15 is 0 Å². The molecule has 1 amide bonds. The zero-order valence-electron chi connectivity index (χ0n) is 11.0. The first-order valence-electron chi connectivity index (χ1n) is 6.06. The number of esters is 1. The molecular weight excluding hydrogens is 256 g/mol. The van der Waals surface area contributed by atoms with E-state index in [1.54, 1.807) is 6.07 Å². The van der Waals surface area contributed by atoms with Crippen LogP contribution in [0.25, 0.3) is 11.1 Å². The van der Waals surface area contributed by atoms with Gasteiger partial charge in [0.1, 0.15) is 5.69 Å². The predicted molar refractivity (Wildman–Crippen MR) is 73.9 cm³/mol. The van der Waals surface area contributed by atoms with Crippen molar-refractivity contribution in [2.24, 2.45) is 0 Å². The van der Waals surface area contributed by atoms with Crippen LogP contribution >= 0.6 is 0 Å². The molecule has 0 aliphatic heterocycles. The van der Waals surface area contributed by atoms with Crippen LogP contribution in [0.2, 0.25) is 0 Å². The van der Waals surface area contributed by atoms with Gasteiger partial charge in [-0.3, -0.25) is 4.79 Å². The smallest absolute Gasteiger partial charge is 0.356 e. The fraction of sp³-hybridized carbons (Fsp3) is 0.133. The van der Waals surface area contributed by atoms with Crippen LogP contribution in [0.5, 0.6) is 0 Å². The monoisotopic (exact) mass is 270 g/mol. The Balaban J connectivity index is 2.45. The van der Waals surface area contributed by atoms with Crippen molar-refractivity contribution in [3.63, 3.8) is 0 Å². The number of amides is 1. The second kappa shape index (κ2) is 6.47. The summed E-state index contributed by atoms with van der Waals surface area (Å²) < 4.78 is 4.70. The summed E-state index contributed by atoms with van der Waals surface area (Å²) in [4.78, 5) is 26.2. The Bertz CT molecular complexity index is 612. The number of methoxy groups -OCH3 is 1. The largest absolute Gasteiger partial charge is 0.464 e. The Labute approximate surface area is 116 Å². The van der Waals surface area contributed by atoms with E-state index in [2.05, 4.69) is 10.3 Å². The molecule has 0 radical (unpaired) electrons. The van der Waals surface area contributed by atoms with Gasteiger partial charge in [-0.1, -0.05) is 30.3 Å². The van der Waals surface area contributed by atoms with E-state index in [1.807, 2.05) is 36.4 Å². The van der Waals surface area contributed by atoms with Crippen molar-refractivity contribution in [2.45, 2.75) is 6.54 Å². The molecule has 0 aliphatic rings. The van der Waals surface area contributed by atoms with Crippen LogP contribution in [0.15, 0.2) is 42.5 Å². The van der Waals surface area contributed by atoms with Gasteiger partial charge < -0.3 is 10.1 Å². The predicted octanol–water partition coefficient (Wildman–Crippen LogP) is 1.78. The molecule has 5 nitrogen and oxygen atoms in total. The van der Waals surface area contributed by atoms with Crippen molar-refractivity contribution < 1.29 is 14.3 Å². The second-order valence-corrected chi connectivity index (χ2v) is 4.09. The SMILES string of the molecule is COC(=O)c1cc(-c2ccccc2)cc(CNC=O)n1. The standard InChI is InChI=1S/C15H14N2O3/c1-20-15(19)14-8-12(11-5-3-2-4-6-11)7-13(17-14)9-16-10-18/h2-8,10H,9H2,1H3,(H,16,18). The van der Waals surface area contributed by atoms with Gasteiger partial charge in [0.2, 0.25) is 6.41 Å². The zero-order chi connectivity index (χ0) is 14.4. The van der Waals surface area contributed by atoms with Crippen LogP contribution in [0.1, 0.15) is 16.2 Å². The molecule has 0 spiro atoms. The quantitative estimate of drug-likeness (QED) is 0.664. The highest BCUT2D eigenvalue weighted by Crippen LogP contribution is 2.21. The summed E-state index contributed by atoms with van der Waals surface area (Å²) in [5.74, 6) is -0.505. The van der Waals surface area contributed by atoms with Gasteiger partial charge in [-0.05, 0) is 23.3 Å². The van der Waals surface area contributed by atoms with E-state index in [0.29, 0.717) is 12.1 Å². The molecule has 1 N–H and O–H groups in total. The van der Waals surface area contributed by atoms with Gasteiger partial charge in [-0.25, -0.2) is 9.78 Å². The zero-order valence-corrected chi connectivity index (χ0v) is 11.0. The van der Waals surface area contributed by atoms with Crippen molar-refractivity contribution in [3.8, 4) is 11.1 Å². The molecule has 1 aromatic heterocycles. The Morgan fingerprint density at radius 2 is 2.00 bits per heavy atom. The summed E-state index contributed by atoms with van der Waals surface area (Å²) in [6.07, 6.45) is 0.592. The van der Waals surface area contributed by atoms with Gasteiger partial charge in [0.15, 0.2) is 0 Å². The summed E-state index contributed by atoms with van der Waals surface area (Å²) >= 11 is 0. The molecule has 0 atom stereocenters. The summed E-state index contributed by atoms with van der Waals surface area (Å²) in [5.41, 5.74) is 2.63. The number of rotatable bonds is 5. The van der Waals surface area contributed by atoms with Crippen LogP contribution in [0, 0.1) is 0 Å². The number of hydrogen-bond donors (Lipinski definition) is 1. The van der Waals surface area contributed by atoms with Crippen LogP contribution in [0.3, 0.4) is 0 Å². The highest BCUT2D eigenvalue weighted by atomic mass is 16.5. The maximum Gasteiger partial charge on any atom is 0.356 e. The van der Waals surface area contributed by atoms with Crippen LogP contribution in [-0.4, -0.2) is 24.5 Å². The van der Waals surface area contributed by atoms with E-state index in [0.717, 1.165) is 11.1 Å². The fourth-order valence-corrected chi connectivity index (χ4v) is 1.83. The van der Waals surface area contributed by atoms with Gasteiger partial charge in [0.05, 0.1) is 19.3 Å². The number of benzene rings is 1. The summed E-state index contributed by atoms with van der Waals surface area (Å²) in [7, 11) is 1.31. The van der Waals surface area contributed by atoms with E-state index in [4.69, 9.17) is 4.74 Å². The van der Waals surface area contributed by atoms with E-state index < -0.39 is 5.97 Å². The van der Waals surface area contributed by atoms with Crippen LogP contribution in [0.4, 0.5) is 0 Å². The lowest BCUT2D eigenvalue weighted by Crippen LogP contribution is -2.13. The number of carbonyl (C=O) groups excluding carboxylic acids is 2. The Hall–Kier alpha value is -2.69. The van der Waals surface area contributed by atoms with Gasteiger partial charge in [0.25, 0.3) is 0 Å². The van der Waals surface area contributed by atoms with Gasteiger partial charge in [-0.15, -0.1) is 0 Å². The lowest BCUT2D eigenvalue weighted by molar-refractivity contribution is -0.109. The Morgan fingerprint density at radius 1 is 1.25 bits per heavy atom. The molecule has 0 aliphatic carbocycles. The van der Waals surface area contributed by atoms with E-state index in [1.165, 1.54) is 7.11 Å². The molecule has 1 aromatic carbocycles. The van der Waals surface area contributed by atoms with Crippen LogP contribution in [-0.2, 0) is 16.1 Å². The van der Waals surface area contributed by atoms with Gasteiger partial charge in [-0.2, -0.15) is 0 Å². The maximum absolute atomic E-state index is 11.6. The van der Waals surface area contributed by atoms with Crippen molar-refractivity contribution in [3.05, 3.63) is 53.9 Å². The number of carbonyl (C=O) groups is 2. The highest BCUT2D eigenvalue weighted by Gasteiger charge is 2.11. The highest BCUT2D eigenvalue weighted by molar-refractivity contribution is 5.89. The topological polar surface area (TPSA) is 68.3 Å². The molecule has 102 valence electrons. The van der Waals surface area contributed by atoms with E-state index in [9.17, 15) is 9.59 Å². The molecule has 0 saturated carbocycles. The average Bonchev–Trinajstić information content (AvgIpc) is 2.52. The van der Waals surface area contributed by atoms with E-state index in [-0.39, 0.29) is 12.2 Å². The minimum atomic E-state index is -0.505. The lowest BCUT2D eigenvalue weighted by Gasteiger charge is -2.08. The van der Waals surface area contributed by atoms with Crippen molar-refractivity contribution >= 4 is 12.4 Å². The first-order chi connectivity index (χ1) is 9.74. The second-order valence-electron chi connectivity index (χ2n) is 4.09. The first-order valence-corrected chi connectivity index (χ1v) is 6.06. The Morgan fingerprint density at radius 3 is 2.65 bits per heavy atom. The lowest BCUT2D eigenvalue weighted by atomic mass is 10.0. The number of nitrogens with one attached hydrogen (secondary N) is 1. The fourth-order valence-electron chi connectivity index (χ4n) is 1.83. The molecule has 2 rings (SSSR count). The summed E-state index contributed by atoms with van der Waals surface area (Å²) in [5, 5.41) is 2.53. The third-order valence-corrected chi connectivity index (χ3v) is 2.75. The van der Waals surface area contributed by atoms with Gasteiger partial charge >= 0.3 is 5.97 Å².